The van der Waals surface area contributed by atoms with Gasteiger partial charge < -0.3 is 9.63 Å². The van der Waals surface area contributed by atoms with Crippen LogP contribution in [-0.2, 0) is 7.05 Å². The number of nitrogens with zero attached hydrogens (tertiary/aromatic N) is 4. The van der Waals surface area contributed by atoms with Crippen LogP contribution in [-0.4, -0.2) is 25.0 Å². The molecule has 96 valence electrons. The Balaban J connectivity index is 1.89. The minimum absolute atomic E-state index is 0.171. The molecule has 2 heterocycles. The normalized spacial score (nSPS) is 12.5. The molecule has 3 rings (SSSR count). The van der Waals surface area contributed by atoms with Crippen molar-refractivity contribution in [3.05, 3.63) is 54.2 Å². The average Bonchev–Trinajstić information content (AvgIpc) is 3.07. The number of rotatable bonds is 3. The maximum atomic E-state index is 10.1. The Morgan fingerprint density at radius 3 is 2.74 bits per heavy atom. The van der Waals surface area contributed by atoms with Crippen molar-refractivity contribution in [3.8, 4) is 11.4 Å². The van der Waals surface area contributed by atoms with Crippen LogP contribution in [0.4, 0.5) is 0 Å². The number of benzene rings is 1. The second kappa shape index (κ2) is 4.66. The molecule has 1 N–H and O–H groups in total. The summed E-state index contributed by atoms with van der Waals surface area (Å²) in [5.74, 6) is 0.586. The van der Waals surface area contributed by atoms with E-state index in [-0.39, 0.29) is 5.89 Å². The first kappa shape index (κ1) is 11.6. The molecule has 6 nitrogen and oxygen atoms in total. The number of aryl methyl sites for hydroxylation is 1. The first-order chi connectivity index (χ1) is 9.24. The molecule has 0 spiro atoms. The van der Waals surface area contributed by atoms with E-state index < -0.39 is 6.10 Å². The topological polar surface area (TPSA) is 77.0 Å². The molecule has 0 aliphatic heterocycles. The highest BCUT2D eigenvalue weighted by Crippen LogP contribution is 2.22. The maximum Gasteiger partial charge on any atom is 0.260 e. The summed E-state index contributed by atoms with van der Waals surface area (Å²) in [7, 11) is 1.81. The van der Waals surface area contributed by atoms with Crippen LogP contribution >= 0.6 is 0 Å². The molecule has 1 unspecified atom stereocenters. The van der Waals surface area contributed by atoms with Gasteiger partial charge in [0.25, 0.3) is 5.89 Å². The summed E-state index contributed by atoms with van der Waals surface area (Å²) in [6, 6.07) is 9.18. The SMILES string of the molecule is Cn1cc(-c2noc(C(O)c3ccccc3)n2)cn1. The van der Waals surface area contributed by atoms with E-state index in [1.165, 1.54) is 0 Å². The Labute approximate surface area is 109 Å². The molecule has 0 fully saturated rings. The lowest BCUT2D eigenvalue weighted by molar-refractivity contribution is 0.170. The summed E-state index contributed by atoms with van der Waals surface area (Å²) >= 11 is 0. The number of hydrogen-bond acceptors (Lipinski definition) is 5. The number of aromatic nitrogens is 4. The maximum absolute atomic E-state index is 10.1. The molecule has 0 saturated carbocycles. The average molecular weight is 256 g/mol. The fourth-order valence-electron chi connectivity index (χ4n) is 1.78. The Kier molecular flexibility index (Phi) is 2.85. The third-order valence-corrected chi connectivity index (χ3v) is 2.75. The van der Waals surface area contributed by atoms with Gasteiger partial charge in [0, 0.05) is 13.2 Å². The van der Waals surface area contributed by atoms with Gasteiger partial charge in [-0.25, -0.2) is 0 Å². The van der Waals surface area contributed by atoms with Crippen molar-refractivity contribution in [2.45, 2.75) is 6.10 Å². The molecular weight excluding hydrogens is 244 g/mol. The standard InChI is InChI=1S/C13H12N4O2/c1-17-8-10(7-14-17)12-15-13(19-16-12)11(18)9-5-3-2-4-6-9/h2-8,11,18H,1H3. The fraction of sp³-hybridized carbons (Fsp3) is 0.154. The molecule has 1 atom stereocenters. The third kappa shape index (κ3) is 2.25. The summed E-state index contributed by atoms with van der Waals surface area (Å²) in [4.78, 5) is 4.19. The zero-order valence-corrected chi connectivity index (χ0v) is 10.3. The molecular formula is C13H12N4O2. The van der Waals surface area contributed by atoms with Crippen molar-refractivity contribution in [1.29, 1.82) is 0 Å². The minimum Gasteiger partial charge on any atom is -0.378 e. The lowest BCUT2D eigenvalue weighted by Gasteiger charge is -2.04. The summed E-state index contributed by atoms with van der Waals surface area (Å²) in [6.07, 6.45) is 2.51. The van der Waals surface area contributed by atoms with Crippen LogP contribution in [0.2, 0.25) is 0 Å². The molecule has 0 saturated heterocycles. The predicted octanol–water partition coefficient (Wildman–Crippen LogP) is 1.55. The second-order valence-electron chi connectivity index (χ2n) is 4.17. The molecule has 0 bridgehead atoms. The predicted molar refractivity (Wildman–Crippen MR) is 67.0 cm³/mol. The van der Waals surface area contributed by atoms with Crippen LogP contribution in [0.15, 0.2) is 47.2 Å². The van der Waals surface area contributed by atoms with Crippen molar-refractivity contribution in [1.82, 2.24) is 19.9 Å². The van der Waals surface area contributed by atoms with Crippen molar-refractivity contribution < 1.29 is 9.63 Å². The van der Waals surface area contributed by atoms with Gasteiger partial charge in [-0.2, -0.15) is 10.1 Å². The summed E-state index contributed by atoms with van der Waals surface area (Å²) < 4.78 is 6.75. The molecule has 6 heteroatoms. The Morgan fingerprint density at radius 2 is 2.05 bits per heavy atom. The van der Waals surface area contributed by atoms with Gasteiger partial charge in [0.05, 0.1) is 11.8 Å². The van der Waals surface area contributed by atoms with E-state index in [0.29, 0.717) is 11.4 Å². The van der Waals surface area contributed by atoms with Gasteiger partial charge in [-0.15, -0.1) is 0 Å². The highest BCUT2D eigenvalue weighted by atomic mass is 16.5. The fourth-order valence-corrected chi connectivity index (χ4v) is 1.78. The third-order valence-electron chi connectivity index (χ3n) is 2.75. The highest BCUT2D eigenvalue weighted by Gasteiger charge is 2.19. The molecule has 0 radical (unpaired) electrons. The van der Waals surface area contributed by atoms with Crippen LogP contribution in [0.5, 0.6) is 0 Å². The van der Waals surface area contributed by atoms with E-state index >= 15 is 0 Å². The van der Waals surface area contributed by atoms with Crippen molar-refractivity contribution in [2.75, 3.05) is 0 Å². The Hall–Kier alpha value is -2.47. The zero-order valence-electron chi connectivity index (χ0n) is 10.3. The molecule has 0 aliphatic rings. The number of aliphatic hydroxyl groups is 1. The molecule has 3 aromatic rings. The largest absolute Gasteiger partial charge is 0.378 e. The Bertz CT molecular complexity index is 675. The molecule has 1 aromatic carbocycles. The van der Waals surface area contributed by atoms with E-state index in [1.54, 1.807) is 29.2 Å². The first-order valence-electron chi connectivity index (χ1n) is 5.79. The van der Waals surface area contributed by atoms with Gasteiger partial charge in [-0.1, -0.05) is 35.5 Å². The van der Waals surface area contributed by atoms with Gasteiger partial charge in [0.2, 0.25) is 5.82 Å². The van der Waals surface area contributed by atoms with E-state index in [0.717, 1.165) is 5.56 Å². The van der Waals surface area contributed by atoms with Crippen molar-refractivity contribution in [3.63, 3.8) is 0 Å². The minimum atomic E-state index is -0.917. The van der Waals surface area contributed by atoms with Gasteiger partial charge in [-0.05, 0) is 5.56 Å². The van der Waals surface area contributed by atoms with E-state index in [2.05, 4.69) is 15.2 Å². The van der Waals surface area contributed by atoms with Crippen molar-refractivity contribution in [2.24, 2.45) is 7.05 Å². The van der Waals surface area contributed by atoms with Gasteiger partial charge >= 0.3 is 0 Å². The van der Waals surface area contributed by atoms with Gasteiger partial charge in [0.1, 0.15) is 0 Å². The quantitative estimate of drug-likeness (QED) is 0.769. The van der Waals surface area contributed by atoms with Gasteiger partial charge in [-0.3, -0.25) is 4.68 Å². The summed E-state index contributed by atoms with van der Waals surface area (Å²) in [5, 5.41) is 18.0. The first-order valence-corrected chi connectivity index (χ1v) is 5.79. The smallest absolute Gasteiger partial charge is 0.260 e. The highest BCUT2D eigenvalue weighted by molar-refractivity contribution is 5.51. The molecule has 0 amide bonds. The van der Waals surface area contributed by atoms with Gasteiger partial charge in [0.15, 0.2) is 6.10 Å². The van der Waals surface area contributed by atoms with Crippen LogP contribution in [0.1, 0.15) is 17.6 Å². The van der Waals surface area contributed by atoms with Crippen molar-refractivity contribution >= 4 is 0 Å². The zero-order chi connectivity index (χ0) is 13.2. The second-order valence-corrected chi connectivity index (χ2v) is 4.17. The van der Waals surface area contributed by atoms with Crippen LogP contribution in [0.3, 0.4) is 0 Å². The van der Waals surface area contributed by atoms with E-state index in [4.69, 9.17) is 4.52 Å². The van der Waals surface area contributed by atoms with Crippen LogP contribution < -0.4 is 0 Å². The number of hydrogen-bond donors (Lipinski definition) is 1. The Morgan fingerprint density at radius 1 is 1.26 bits per heavy atom. The van der Waals surface area contributed by atoms with E-state index in [9.17, 15) is 5.11 Å². The summed E-state index contributed by atoms with van der Waals surface area (Å²) in [5.41, 5.74) is 1.46. The molecule has 0 aliphatic carbocycles. The summed E-state index contributed by atoms with van der Waals surface area (Å²) in [6.45, 7) is 0. The molecule has 2 aromatic heterocycles. The monoisotopic (exact) mass is 256 g/mol. The number of aliphatic hydroxyl groups excluding tert-OH is 1. The molecule has 19 heavy (non-hydrogen) atoms. The lowest BCUT2D eigenvalue weighted by Crippen LogP contribution is -1.99. The van der Waals surface area contributed by atoms with Crippen LogP contribution in [0, 0.1) is 0 Å². The van der Waals surface area contributed by atoms with Crippen LogP contribution in [0.25, 0.3) is 11.4 Å². The lowest BCUT2D eigenvalue weighted by atomic mass is 10.1. The van der Waals surface area contributed by atoms with E-state index in [1.807, 2.05) is 25.2 Å².